The van der Waals surface area contributed by atoms with Crippen molar-refractivity contribution in [1.82, 2.24) is 4.90 Å². The average Bonchev–Trinajstić information content (AvgIpc) is 2.10. The van der Waals surface area contributed by atoms with Gasteiger partial charge in [-0.3, -0.25) is 4.79 Å². The molecule has 1 fully saturated rings. The third-order valence-corrected chi connectivity index (χ3v) is 1.64. The van der Waals surface area contributed by atoms with E-state index in [1.807, 2.05) is 0 Å². The minimum atomic E-state index is -1.22. The molecule has 1 saturated heterocycles. The zero-order chi connectivity index (χ0) is 7.78. The van der Waals surface area contributed by atoms with Crippen LogP contribution in [0.5, 0.6) is 0 Å². The highest BCUT2D eigenvalue weighted by molar-refractivity contribution is 5.80. The molecule has 3 heteroatoms. The molecule has 1 unspecified atom stereocenters. The van der Waals surface area contributed by atoms with Gasteiger partial charge in [0.1, 0.15) is 0 Å². The van der Waals surface area contributed by atoms with Gasteiger partial charge in [0.15, 0.2) is 5.60 Å². The second kappa shape index (κ2) is 1.99. The van der Waals surface area contributed by atoms with Crippen molar-refractivity contribution < 1.29 is 9.90 Å². The highest BCUT2D eigenvalue weighted by atomic mass is 16.3. The summed E-state index contributed by atoms with van der Waals surface area (Å²) in [5.74, 6) is 2.10. The van der Waals surface area contributed by atoms with Gasteiger partial charge in [-0.2, -0.15) is 0 Å². The summed E-state index contributed by atoms with van der Waals surface area (Å²) in [6.45, 7) is 0.252. The number of β-amino-alcohol motifs (C(OH)–C–C–N with tert-alkyl or cyclic N) is 1. The molecule has 0 bridgehead atoms. The fraction of sp³-hybridized carbons (Fsp3) is 0.571. The van der Waals surface area contributed by atoms with Gasteiger partial charge in [-0.05, 0) is 0 Å². The number of carbonyl (C=O) groups is 1. The summed E-state index contributed by atoms with van der Waals surface area (Å²) in [5.41, 5.74) is -1.22. The van der Waals surface area contributed by atoms with E-state index >= 15 is 0 Å². The first-order chi connectivity index (χ1) is 4.57. The molecule has 0 aliphatic carbocycles. The molecule has 3 nitrogen and oxygen atoms in total. The molecule has 0 radical (unpaired) electrons. The molecule has 0 spiro atoms. The van der Waals surface area contributed by atoms with Crippen molar-refractivity contribution in [3.63, 3.8) is 0 Å². The molecular formula is C7H9NO2. The molecule has 1 aliphatic heterocycles. The Morgan fingerprint density at radius 3 is 2.70 bits per heavy atom. The first kappa shape index (κ1) is 7.10. The molecule has 0 saturated carbocycles. The Labute approximate surface area is 59.6 Å². The Kier molecular flexibility index (Phi) is 1.42. The molecule has 1 rings (SSSR count). The summed E-state index contributed by atoms with van der Waals surface area (Å²) < 4.78 is 0. The largest absolute Gasteiger partial charge is 0.375 e. The van der Waals surface area contributed by atoms with Gasteiger partial charge in [-0.15, -0.1) is 6.42 Å². The summed E-state index contributed by atoms with van der Waals surface area (Å²) in [5, 5.41) is 9.34. The Morgan fingerprint density at radius 2 is 2.50 bits per heavy atom. The van der Waals surface area contributed by atoms with Crippen molar-refractivity contribution in [2.24, 2.45) is 0 Å². The van der Waals surface area contributed by atoms with E-state index in [9.17, 15) is 9.90 Å². The van der Waals surface area contributed by atoms with Gasteiger partial charge < -0.3 is 10.0 Å². The number of aliphatic hydroxyl groups is 1. The highest BCUT2D eigenvalue weighted by Gasteiger charge is 2.38. The van der Waals surface area contributed by atoms with Gasteiger partial charge in [0.05, 0.1) is 13.0 Å². The Bertz CT molecular complexity index is 206. The molecular weight excluding hydrogens is 130 g/mol. The maximum Gasteiger partial charge on any atom is 0.226 e. The van der Waals surface area contributed by atoms with Crippen LogP contribution in [0, 0.1) is 12.3 Å². The number of carbonyl (C=O) groups excluding carboxylic acids is 1. The topological polar surface area (TPSA) is 40.5 Å². The van der Waals surface area contributed by atoms with Crippen molar-refractivity contribution in [3.05, 3.63) is 0 Å². The maximum atomic E-state index is 10.8. The third kappa shape index (κ3) is 0.981. The van der Waals surface area contributed by atoms with Crippen molar-refractivity contribution in [1.29, 1.82) is 0 Å². The number of likely N-dealkylation sites (tertiary alicyclic amines) is 1. The van der Waals surface area contributed by atoms with E-state index in [1.165, 1.54) is 4.90 Å². The quantitative estimate of drug-likeness (QED) is 0.447. The molecule has 0 aromatic carbocycles. The lowest BCUT2D eigenvalue weighted by atomic mass is 10.1. The van der Waals surface area contributed by atoms with Crippen LogP contribution < -0.4 is 0 Å². The minimum absolute atomic E-state index is 0.0556. The van der Waals surface area contributed by atoms with Crippen LogP contribution in [0.1, 0.15) is 6.42 Å². The second-order valence-corrected chi connectivity index (χ2v) is 2.60. The predicted molar refractivity (Wildman–Crippen MR) is 36.0 cm³/mol. The van der Waals surface area contributed by atoms with Crippen LogP contribution in [0.3, 0.4) is 0 Å². The van der Waals surface area contributed by atoms with Crippen LogP contribution in [0.25, 0.3) is 0 Å². The van der Waals surface area contributed by atoms with Crippen molar-refractivity contribution in [2.45, 2.75) is 12.0 Å². The summed E-state index contributed by atoms with van der Waals surface area (Å²) >= 11 is 0. The summed E-state index contributed by atoms with van der Waals surface area (Å²) in [4.78, 5) is 12.2. The summed E-state index contributed by atoms with van der Waals surface area (Å²) in [6, 6.07) is 0. The molecule has 1 N–H and O–H groups in total. The van der Waals surface area contributed by atoms with E-state index < -0.39 is 5.60 Å². The molecule has 1 amide bonds. The van der Waals surface area contributed by atoms with E-state index in [0.717, 1.165) is 0 Å². The monoisotopic (exact) mass is 139 g/mol. The molecule has 0 aromatic heterocycles. The lowest BCUT2D eigenvalue weighted by molar-refractivity contribution is -0.126. The maximum absolute atomic E-state index is 10.8. The minimum Gasteiger partial charge on any atom is -0.375 e. The van der Waals surface area contributed by atoms with Crippen LogP contribution in [0.2, 0.25) is 0 Å². The Hall–Kier alpha value is -1.01. The van der Waals surface area contributed by atoms with E-state index in [-0.39, 0.29) is 18.9 Å². The van der Waals surface area contributed by atoms with Crippen molar-refractivity contribution >= 4 is 5.91 Å². The lowest BCUT2D eigenvalue weighted by Crippen LogP contribution is -2.29. The van der Waals surface area contributed by atoms with E-state index in [4.69, 9.17) is 6.42 Å². The fourth-order valence-corrected chi connectivity index (χ4v) is 1.02. The van der Waals surface area contributed by atoms with Gasteiger partial charge >= 0.3 is 0 Å². The van der Waals surface area contributed by atoms with E-state index in [1.54, 1.807) is 7.05 Å². The standard InChI is InChI=1S/C7H9NO2/c1-3-7(10)4-6(9)8(2)5-7/h1,10H,4-5H2,2H3. The van der Waals surface area contributed by atoms with Gasteiger partial charge in [-0.1, -0.05) is 5.92 Å². The molecule has 1 heterocycles. The van der Waals surface area contributed by atoms with Gasteiger partial charge in [-0.25, -0.2) is 0 Å². The van der Waals surface area contributed by atoms with Crippen molar-refractivity contribution in [3.8, 4) is 12.3 Å². The first-order valence-corrected chi connectivity index (χ1v) is 3.01. The Balaban J connectivity index is 2.76. The first-order valence-electron chi connectivity index (χ1n) is 3.01. The predicted octanol–water partition coefficient (Wildman–Crippen LogP) is -0.787. The molecule has 1 aliphatic rings. The normalized spacial score (nSPS) is 32.5. The van der Waals surface area contributed by atoms with Crippen molar-refractivity contribution in [2.75, 3.05) is 13.6 Å². The average molecular weight is 139 g/mol. The highest BCUT2D eigenvalue weighted by Crippen LogP contribution is 2.19. The number of terminal acetylenes is 1. The number of amides is 1. The number of nitrogens with zero attached hydrogens (tertiary/aromatic N) is 1. The summed E-state index contributed by atoms with van der Waals surface area (Å²) in [6.07, 6.45) is 5.07. The number of hydrogen-bond acceptors (Lipinski definition) is 2. The molecule has 54 valence electrons. The number of hydrogen-bond donors (Lipinski definition) is 1. The third-order valence-electron chi connectivity index (χ3n) is 1.64. The number of rotatable bonds is 0. The van der Waals surface area contributed by atoms with Crippen LogP contribution in [0.15, 0.2) is 0 Å². The van der Waals surface area contributed by atoms with Gasteiger partial charge in [0.2, 0.25) is 5.91 Å². The zero-order valence-corrected chi connectivity index (χ0v) is 5.79. The number of likely N-dealkylation sites (N-methyl/N-ethyl adjacent to an activating group) is 1. The van der Waals surface area contributed by atoms with Crippen LogP contribution >= 0.6 is 0 Å². The fourth-order valence-electron chi connectivity index (χ4n) is 1.02. The zero-order valence-electron chi connectivity index (χ0n) is 5.79. The summed E-state index contributed by atoms with van der Waals surface area (Å²) in [7, 11) is 1.62. The SMILES string of the molecule is C#CC1(O)CC(=O)N(C)C1. The lowest BCUT2D eigenvalue weighted by Gasteiger charge is -2.12. The molecule has 10 heavy (non-hydrogen) atoms. The van der Waals surface area contributed by atoms with E-state index in [0.29, 0.717) is 0 Å². The second-order valence-electron chi connectivity index (χ2n) is 2.60. The van der Waals surface area contributed by atoms with Crippen LogP contribution in [-0.2, 0) is 4.79 Å². The van der Waals surface area contributed by atoms with E-state index in [2.05, 4.69) is 5.92 Å². The van der Waals surface area contributed by atoms with Crippen LogP contribution in [0.4, 0.5) is 0 Å². The van der Waals surface area contributed by atoms with Crippen LogP contribution in [-0.4, -0.2) is 35.1 Å². The smallest absolute Gasteiger partial charge is 0.226 e. The van der Waals surface area contributed by atoms with Gasteiger partial charge in [0, 0.05) is 7.05 Å². The Morgan fingerprint density at radius 1 is 1.90 bits per heavy atom. The molecule has 1 atom stereocenters. The molecule has 0 aromatic rings. The van der Waals surface area contributed by atoms with Gasteiger partial charge in [0.25, 0.3) is 0 Å².